The van der Waals surface area contributed by atoms with Gasteiger partial charge >= 0.3 is 0 Å². The van der Waals surface area contributed by atoms with E-state index in [9.17, 15) is 4.79 Å². The lowest BCUT2D eigenvalue weighted by atomic mass is 10.2. The highest BCUT2D eigenvalue weighted by atomic mass is 16.5. The highest BCUT2D eigenvalue weighted by Gasteiger charge is 2.16. The van der Waals surface area contributed by atoms with Crippen molar-refractivity contribution in [3.63, 3.8) is 0 Å². The Labute approximate surface area is 143 Å². The van der Waals surface area contributed by atoms with Gasteiger partial charge in [-0.25, -0.2) is 0 Å². The number of para-hydroxylation sites is 2. The Morgan fingerprint density at radius 1 is 1.21 bits per heavy atom. The normalized spacial score (nSPS) is 21.0. The van der Waals surface area contributed by atoms with Crippen LogP contribution in [0, 0.1) is 0 Å². The summed E-state index contributed by atoms with van der Waals surface area (Å²) in [5, 5.41) is 6.35. The Balaban J connectivity index is 1.45. The smallest absolute Gasteiger partial charge is 0.225 e. The van der Waals surface area contributed by atoms with E-state index in [2.05, 4.69) is 21.6 Å². The molecule has 6 nitrogen and oxygen atoms in total. The molecule has 0 aliphatic carbocycles. The number of morpholine rings is 1. The molecule has 1 aromatic rings. The molecule has 24 heavy (non-hydrogen) atoms. The van der Waals surface area contributed by atoms with Crippen LogP contribution >= 0.6 is 0 Å². The Morgan fingerprint density at radius 2 is 2.04 bits per heavy atom. The van der Waals surface area contributed by atoms with E-state index in [-0.39, 0.29) is 5.91 Å². The third-order valence-corrected chi connectivity index (χ3v) is 4.45. The lowest BCUT2D eigenvalue weighted by Gasteiger charge is -2.30. The van der Waals surface area contributed by atoms with Crippen LogP contribution in [-0.4, -0.2) is 58.0 Å². The van der Waals surface area contributed by atoms with Crippen molar-refractivity contribution in [1.29, 1.82) is 0 Å². The van der Waals surface area contributed by atoms with Crippen LogP contribution in [0.15, 0.2) is 24.3 Å². The second kappa shape index (κ2) is 9.01. The molecule has 6 heteroatoms. The first-order chi connectivity index (χ1) is 11.8. The first kappa shape index (κ1) is 17.2. The summed E-state index contributed by atoms with van der Waals surface area (Å²) in [4.78, 5) is 14.5. The molecule has 0 spiro atoms. The molecule has 2 saturated heterocycles. The average molecular weight is 333 g/mol. The molecular weight excluding hydrogens is 306 g/mol. The molecule has 2 fully saturated rings. The quantitative estimate of drug-likeness (QED) is 0.743. The number of nitrogens with one attached hydrogen (secondary N) is 2. The van der Waals surface area contributed by atoms with Gasteiger partial charge in [0.15, 0.2) is 0 Å². The molecule has 0 saturated carbocycles. The summed E-state index contributed by atoms with van der Waals surface area (Å²) in [7, 11) is 0. The zero-order chi connectivity index (χ0) is 16.6. The van der Waals surface area contributed by atoms with Crippen molar-refractivity contribution in [2.75, 3.05) is 56.2 Å². The first-order valence-electron chi connectivity index (χ1n) is 8.87. The summed E-state index contributed by atoms with van der Waals surface area (Å²) in [5.74, 6) is 0.0375. The van der Waals surface area contributed by atoms with E-state index in [0.29, 0.717) is 19.1 Å². The second-order valence-corrected chi connectivity index (χ2v) is 6.25. The molecule has 2 heterocycles. The van der Waals surface area contributed by atoms with Crippen LogP contribution in [0.4, 0.5) is 11.4 Å². The van der Waals surface area contributed by atoms with Crippen LogP contribution in [0.25, 0.3) is 0 Å². The fourth-order valence-corrected chi connectivity index (χ4v) is 3.14. The van der Waals surface area contributed by atoms with Gasteiger partial charge in [0.2, 0.25) is 5.91 Å². The standard InChI is InChI=1S/C18H27N3O3/c22-18(7-8-19-14-15-4-3-11-24-15)20-16-5-1-2-6-17(16)21-9-12-23-13-10-21/h1-2,5-6,15,19H,3-4,7-14H2,(H,20,22). The Bertz CT molecular complexity index is 526. The fourth-order valence-electron chi connectivity index (χ4n) is 3.14. The van der Waals surface area contributed by atoms with Crippen molar-refractivity contribution < 1.29 is 14.3 Å². The Hall–Kier alpha value is -1.63. The van der Waals surface area contributed by atoms with Gasteiger partial charge in [-0.15, -0.1) is 0 Å². The van der Waals surface area contributed by atoms with Gasteiger partial charge in [0.25, 0.3) is 0 Å². The highest BCUT2D eigenvalue weighted by molar-refractivity contribution is 5.94. The van der Waals surface area contributed by atoms with Crippen molar-refractivity contribution >= 4 is 17.3 Å². The van der Waals surface area contributed by atoms with E-state index in [1.165, 1.54) is 0 Å². The van der Waals surface area contributed by atoms with E-state index in [0.717, 1.165) is 63.7 Å². The molecule has 2 N–H and O–H groups in total. The van der Waals surface area contributed by atoms with Crippen LogP contribution in [0.1, 0.15) is 19.3 Å². The van der Waals surface area contributed by atoms with Crippen LogP contribution in [0.3, 0.4) is 0 Å². The van der Waals surface area contributed by atoms with Gasteiger partial charge in [-0.1, -0.05) is 12.1 Å². The van der Waals surface area contributed by atoms with Gasteiger partial charge in [-0.3, -0.25) is 4.79 Å². The van der Waals surface area contributed by atoms with E-state index in [4.69, 9.17) is 9.47 Å². The summed E-state index contributed by atoms with van der Waals surface area (Å²) in [6.07, 6.45) is 3.04. The molecule has 0 bridgehead atoms. The number of hydrogen-bond donors (Lipinski definition) is 2. The summed E-state index contributed by atoms with van der Waals surface area (Å²) < 4.78 is 11.0. The molecule has 2 aliphatic heterocycles. The summed E-state index contributed by atoms with van der Waals surface area (Å²) in [6, 6.07) is 7.97. The van der Waals surface area contributed by atoms with Crippen molar-refractivity contribution in [3.8, 4) is 0 Å². The minimum Gasteiger partial charge on any atom is -0.378 e. The zero-order valence-corrected chi connectivity index (χ0v) is 14.1. The van der Waals surface area contributed by atoms with E-state index >= 15 is 0 Å². The van der Waals surface area contributed by atoms with Gasteiger partial charge in [0, 0.05) is 39.2 Å². The van der Waals surface area contributed by atoms with Gasteiger partial charge in [-0.2, -0.15) is 0 Å². The summed E-state index contributed by atoms with van der Waals surface area (Å²) in [5.41, 5.74) is 1.95. The second-order valence-electron chi connectivity index (χ2n) is 6.25. The molecule has 132 valence electrons. The number of carbonyl (C=O) groups is 1. The monoisotopic (exact) mass is 333 g/mol. The number of anilines is 2. The van der Waals surface area contributed by atoms with Crippen molar-refractivity contribution in [2.24, 2.45) is 0 Å². The number of amides is 1. The molecule has 1 amide bonds. The Kier molecular flexibility index (Phi) is 6.46. The maximum atomic E-state index is 12.2. The number of benzene rings is 1. The fraction of sp³-hybridized carbons (Fsp3) is 0.611. The molecule has 0 radical (unpaired) electrons. The third kappa shape index (κ3) is 4.93. The minimum absolute atomic E-state index is 0.0375. The number of rotatable bonds is 7. The largest absolute Gasteiger partial charge is 0.378 e. The topological polar surface area (TPSA) is 62.8 Å². The number of ether oxygens (including phenoxy) is 2. The average Bonchev–Trinajstić information content (AvgIpc) is 3.13. The van der Waals surface area contributed by atoms with Crippen molar-refractivity contribution in [1.82, 2.24) is 5.32 Å². The van der Waals surface area contributed by atoms with Crippen molar-refractivity contribution in [3.05, 3.63) is 24.3 Å². The number of hydrogen-bond acceptors (Lipinski definition) is 5. The van der Waals surface area contributed by atoms with E-state index < -0.39 is 0 Å². The lowest BCUT2D eigenvalue weighted by Crippen LogP contribution is -2.36. The maximum Gasteiger partial charge on any atom is 0.225 e. The van der Waals surface area contributed by atoms with E-state index in [1.54, 1.807) is 0 Å². The SMILES string of the molecule is O=C(CCNCC1CCCO1)Nc1ccccc1N1CCOCC1. The molecule has 1 aromatic carbocycles. The minimum atomic E-state index is 0.0375. The molecule has 1 atom stereocenters. The zero-order valence-electron chi connectivity index (χ0n) is 14.1. The number of nitrogens with zero attached hydrogens (tertiary/aromatic N) is 1. The van der Waals surface area contributed by atoms with Crippen LogP contribution in [0.5, 0.6) is 0 Å². The predicted molar refractivity (Wildman–Crippen MR) is 94.6 cm³/mol. The first-order valence-corrected chi connectivity index (χ1v) is 8.87. The molecule has 2 aliphatic rings. The lowest BCUT2D eigenvalue weighted by molar-refractivity contribution is -0.116. The maximum absolute atomic E-state index is 12.2. The molecule has 1 unspecified atom stereocenters. The van der Waals surface area contributed by atoms with Crippen LogP contribution < -0.4 is 15.5 Å². The molecule has 3 rings (SSSR count). The van der Waals surface area contributed by atoms with E-state index in [1.807, 2.05) is 18.2 Å². The highest BCUT2D eigenvalue weighted by Crippen LogP contribution is 2.26. The van der Waals surface area contributed by atoms with Crippen LogP contribution in [-0.2, 0) is 14.3 Å². The van der Waals surface area contributed by atoms with Crippen molar-refractivity contribution in [2.45, 2.75) is 25.4 Å². The van der Waals surface area contributed by atoms with Gasteiger partial charge in [0.1, 0.15) is 0 Å². The summed E-state index contributed by atoms with van der Waals surface area (Å²) in [6.45, 7) is 5.55. The van der Waals surface area contributed by atoms with Gasteiger partial charge < -0.3 is 25.0 Å². The Morgan fingerprint density at radius 3 is 2.83 bits per heavy atom. The third-order valence-electron chi connectivity index (χ3n) is 4.45. The summed E-state index contributed by atoms with van der Waals surface area (Å²) >= 11 is 0. The molecular formula is C18H27N3O3. The van der Waals surface area contributed by atoms with Crippen LogP contribution in [0.2, 0.25) is 0 Å². The predicted octanol–water partition coefficient (Wildman–Crippen LogP) is 1.62. The van der Waals surface area contributed by atoms with Gasteiger partial charge in [-0.05, 0) is 25.0 Å². The van der Waals surface area contributed by atoms with Gasteiger partial charge in [0.05, 0.1) is 30.7 Å². The molecule has 0 aromatic heterocycles. The number of carbonyl (C=O) groups excluding carboxylic acids is 1.